The Labute approximate surface area is 250 Å². The first kappa shape index (κ1) is 26.6. The highest BCUT2D eigenvalue weighted by molar-refractivity contribution is 6.23. The van der Waals surface area contributed by atoms with Gasteiger partial charge in [0.25, 0.3) is 6.02 Å². The molecular formula is C34H24N6O4. The Morgan fingerprint density at radius 2 is 1.59 bits per heavy atom. The van der Waals surface area contributed by atoms with Gasteiger partial charge in [0.15, 0.2) is 18.6 Å². The van der Waals surface area contributed by atoms with Gasteiger partial charge in [-0.25, -0.2) is 10.4 Å². The minimum atomic E-state index is -0.420. The van der Waals surface area contributed by atoms with E-state index in [4.69, 9.17) is 40.9 Å². The van der Waals surface area contributed by atoms with Gasteiger partial charge in [0.05, 0.1) is 0 Å². The molecule has 5 aromatic carbocycles. The lowest BCUT2D eigenvalue weighted by Gasteiger charge is -2.13. The van der Waals surface area contributed by atoms with E-state index >= 15 is 0 Å². The van der Waals surface area contributed by atoms with Crippen LogP contribution < -0.4 is 35.1 Å². The molecule has 10 heteroatoms. The smallest absolute Gasteiger partial charge is 0.316 e. The van der Waals surface area contributed by atoms with Crippen molar-refractivity contribution in [3.05, 3.63) is 106 Å². The summed E-state index contributed by atoms with van der Waals surface area (Å²) in [5.74, 6) is 2.30. The number of benzene rings is 5. The third-order valence-corrected chi connectivity index (χ3v) is 7.44. The van der Waals surface area contributed by atoms with Gasteiger partial charge in [-0.1, -0.05) is 48.5 Å². The van der Waals surface area contributed by atoms with E-state index < -0.39 is 6.02 Å². The molecule has 10 nitrogen and oxygen atoms in total. The summed E-state index contributed by atoms with van der Waals surface area (Å²) in [6, 6.07) is 25.8. The Kier molecular flexibility index (Phi) is 6.55. The fourth-order valence-corrected chi connectivity index (χ4v) is 5.62. The van der Waals surface area contributed by atoms with Crippen LogP contribution in [0, 0.1) is 16.2 Å². The molecular weight excluding hydrogens is 556 g/mol. The number of ether oxygens (including phenoxy) is 4. The van der Waals surface area contributed by atoms with Crippen LogP contribution in [0.15, 0.2) is 94.9 Å². The molecule has 0 amide bonds. The first-order valence-corrected chi connectivity index (χ1v) is 13.6. The molecule has 44 heavy (non-hydrogen) atoms. The highest BCUT2D eigenvalue weighted by atomic mass is 16.5. The molecule has 0 saturated carbocycles. The number of nitrogens with two attached hydrogens (primary N) is 1. The zero-order valence-corrected chi connectivity index (χ0v) is 23.1. The molecule has 5 aromatic rings. The van der Waals surface area contributed by atoms with Crippen LogP contribution in [0.25, 0.3) is 33.2 Å². The number of fused-ring (bicyclic) bond motifs is 3. The van der Waals surface area contributed by atoms with Gasteiger partial charge in [-0.2, -0.15) is 4.99 Å². The molecule has 1 aliphatic carbocycles. The summed E-state index contributed by atoms with van der Waals surface area (Å²) in [5, 5.41) is 28.7. The van der Waals surface area contributed by atoms with E-state index in [1.165, 1.54) is 6.40 Å². The molecule has 1 aliphatic heterocycles. The number of hydrogen-bond acceptors (Lipinski definition) is 8. The van der Waals surface area contributed by atoms with Crippen molar-refractivity contribution in [2.75, 3.05) is 0 Å². The molecule has 0 bridgehead atoms. The van der Waals surface area contributed by atoms with Gasteiger partial charge in [0.2, 0.25) is 0 Å². The Morgan fingerprint density at radius 3 is 2.34 bits per heavy atom. The molecule has 0 radical (unpaired) electrons. The zero-order valence-electron chi connectivity index (χ0n) is 23.1. The molecule has 0 unspecified atom stereocenters. The minimum Gasteiger partial charge on any atom is -0.446 e. The summed E-state index contributed by atoms with van der Waals surface area (Å²) in [6.45, 7) is 0. The maximum Gasteiger partial charge on any atom is 0.316 e. The highest BCUT2D eigenvalue weighted by Crippen LogP contribution is 2.34. The summed E-state index contributed by atoms with van der Waals surface area (Å²) >= 11 is 0. The van der Waals surface area contributed by atoms with Gasteiger partial charge in [0, 0.05) is 33.5 Å². The third kappa shape index (κ3) is 4.80. The van der Waals surface area contributed by atoms with Crippen LogP contribution in [-0.2, 0) is 6.42 Å². The van der Waals surface area contributed by atoms with Crippen molar-refractivity contribution in [1.29, 1.82) is 16.2 Å². The number of nitrogens with zero attached hydrogens (tertiary/aromatic N) is 2. The van der Waals surface area contributed by atoms with Crippen molar-refractivity contribution in [2.45, 2.75) is 6.42 Å². The van der Waals surface area contributed by atoms with Crippen molar-refractivity contribution in [2.24, 2.45) is 15.7 Å². The zero-order chi connectivity index (χ0) is 30.2. The van der Waals surface area contributed by atoms with Crippen LogP contribution in [0.4, 0.5) is 0 Å². The average molecular weight is 581 g/mol. The first-order valence-electron chi connectivity index (χ1n) is 13.6. The van der Waals surface area contributed by atoms with Gasteiger partial charge in [0.1, 0.15) is 23.0 Å². The maximum absolute atomic E-state index is 8.37. The normalized spacial score (nSPS) is 13.6. The Morgan fingerprint density at radius 1 is 0.886 bits per heavy atom. The Balaban J connectivity index is 1.32. The number of rotatable bonds is 5. The van der Waals surface area contributed by atoms with E-state index in [1.807, 2.05) is 78.9 Å². The fraction of sp³-hybridized carbons (Fsp3) is 0.0294. The van der Waals surface area contributed by atoms with Crippen molar-refractivity contribution < 1.29 is 18.9 Å². The van der Waals surface area contributed by atoms with Gasteiger partial charge in [-0.15, -0.1) is 0 Å². The molecule has 0 aromatic heterocycles. The largest absolute Gasteiger partial charge is 0.446 e. The van der Waals surface area contributed by atoms with Crippen LogP contribution in [0.1, 0.15) is 11.1 Å². The van der Waals surface area contributed by atoms with E-state index in [0.717, 1.165) is 49.5 Å². The third-order valence-electron chi connectivity index (χ3n) is 7.44. The molecule has 214 valence electrons. The summed E-state index contributed by atoms with van der Waals surface area (Å²) in [5.41, 5.74) is 7.97. The van der Waals surface area contributed by atoms with Crippen LogP contribution in [0.2, 0.25) is 0 Å². The predicted octanol–water partition coefficient (Wildman–Crippen LogP) is 4.62. The molecule has 7 rings (SSSR count). The highest BCUT2D eigenvalue weighted by Gasteiger charge is 2.23. The van der Waals surface area contributed by atoms with Crippen LogP contribution in [0.5, 0.6) is 23.0 Å². The summed E-state index contributed by atoms with van der Waals surface area (Å²) in [7, 11) is 0. The van der Waals surface area contributed by atoms with Crippen molar-refractivity contribution in [3.63, 3.8) is 0 Å². The summed E-state index contributed by atoms with van der Waals surface area (Å²) in [6.07, 6.45) is 4.53. The minimum absolute atomic E-state index is 0.243. The lowest BCUT2D eigenvalue weighted by atomic mass is 9.98. The molecule has 0 saturated heterocycles. The SMILES string of the molecule is N=COc1cccc2cc3cccc(OC=NC4=NC(=N)Oc5cccc6c5=C4Cc4c(cccc4OC(=N)N)C=6)c3cc12. The van der Waals surface area contributed by atoms with Crippen molar-refractivity contribution in [3.8, 4) is 23.0 Å². The second kappa shape index (κ2) is 10.8. The predicted molar refractivity (Wildman–Crippen MR) is 171 cm³/mol. The topological polar surface area (TPSA) is 159 Å². The van der Waals surface area contributed by atoms with Gasteiger partial charge < -0.3 is 24.7 Å². The van der Waals surface area contributed by atoms with Gasteiger partial charge >= 0.3 is 6.02 Å². The molecule has 0 spiro atoms. The van der Waals surface area contributed by atoms with Crippen LogP contribution >= 0.6 is 0 Å². The van der Waals surface area contributed by atoms with E-state index in [0.29, 0.717) is 35.0 Å². The molecule has 0 atom stereocenters. The quantitative estimate of drug-likeness (QED) is 0.135. The van der Waals surface area contributed by atoms with E-state index in [9.17, 15) is 0 Å². The maximum atomic E-state index is 8.37. The summed E-state index contributed by atoms with van der Waals surface area (Å²) in [4.78, 5) is 9.00. The molecule has 1 heterocycles. The number of hydrogen-bond donors (Lipinski definition) is 4. The van der Waals surface area contributed by atoms with Gasteiger partial charge in [-0.05, 0) is 64.0 Å². The fourth-order valence-electron chi connectivity index (χ4n) is 5.62. The Bertz CT molecular complexity index is 2240. The average Bonchev–Trinajstić information content (AvgIpc) is 3.26. The van der Waals surface area contributed by atoms with E-state index in [2.05, 4.69) is 9.98 Å². The lowest BCUT2D eigenvalue weighted by molar-refractivity contribution is 0.531. The van der Waals surface area contributed by atoms with E-state index in [-0.39, 0.29) is 11.9 Å². The molecule has 2 aliphatic rings. The van der Waals surface area contributed by atoms with Crippen LogP contribution in [0.3, 0.4) is 0 Å². The number of nitrogens with one attached hydrogen (secondary N) is 3. The molecule has 0 fully saturated rings. The molecule has 5 N–H and O–H groups in total. The number of amidine groups is 3. The Hall–Kier alpha value is -6.29. The number of aliphatic imine (C=N–C) groups is 2. The lowest BCUT2D eigenvalue weighted by Crippen LogP contribution is -2.30. The van der Waals surface area contributed by atoms with Gasteiger partial charge in [-0.3, -0.25) is 10.8 Å². The van der Waals surface area contributed by atoms with Crippen molar-refractivity contribution in [1.82, 2.24) is 0 Å². The van der Waals surface area contributed by atoms with Crippen molar-refractivity contribution >= 4 is 63.9 Å². The van der Waals surface area contributed by atoms with Crippen LogP contribution in [-0.4, -0.2) is 30.7 Å². The van der Waals surface area contributed by atoms with E-state index in [1.54, 1.807) is 12.1 Å². The second-order valence-electron chi connectivity index (χ2n) is 10.0. The second-order valence-corrected chi connectivity index (χ2v) is 10.0. The monoisotopic (exact) mass is 580 g/mol. The standard InChI is InChI=1S/C34H24N6O4/c35-17-41-27-9-1-5-19-13-20-6-2-10-28(24(20)15-23(19)27)42-18-39-32-26-16-25-21(7-3-11-29(25)43-33(36)37)14-22-8-4-12-30(31(22)26)44-34(38)40-32/h1-15,17-18,35,38H,16H2,(H3,36,37). The summed E-state index contributed by atoms with van der Waals surface area (Å²) < 4.78 is 22.9. The first-order chi connectivity index (χ1) is 21.5.